The van der Waals surface area contributed by atoms with Crippen LogP contribution in [-0.2, 0) is 11.2 Å². The van der Waals surface area contributed by atoms with E-state index in [0.29, 0.717) is 13.0 Å². The van der Waals surface area contributed by atoms with Crippen LogP contribution in [0.4, 0.5) is 4.79 Å². The molecule has 0 aliphatic carbocycles. The monoisotopic (exact) mass is 264 g/mol. The number of hydrogen-bond donors (Lipinski definition) is 1. The Morgan fingerprint density at radius 1 is 1.53 bits per heavy atom. The summed E-state index contributed by atoms with van der Waals surface area (Å²) in [6.07, 6.45) is 2.03. The van der Waals surface area contributed by atoms with Crippen molar-refractivity contribution in [2.75, 3.05) is 6.54 Å². The van der Waals surface area contributed by atoms with Crippen molar-refractivity contribution in [2.45, 2.75) is 45.8 Å². The van der Waals surface area contributed by atoms with E-state index in [4.69, 9.17) is 4.74 Å². The molecular formula is C14H20N2O3. The summed E-state index contributed by atoms with van der Waals surface area (Å²) in [5.74, 6) is 0.0247. The van der Waals surface area contributed by atoms with Crippen molar-refractivity contribution < 1.29 is 14.6 Å². The van der Waals surface area contributed by atoms with Gasteiger partial charge in [0.2, 0.25) is 5.88 Å². The van der Waals surface area contributed by atoms with Gasteiger partial charge in [0, 0.05) is 18.8 Å². The highest BCUT2D eigenvalue weighted by Crippen LogP contribution is 2.31. The molecule has 1 unspecified atom stereocenters. The molecule has 1 amide bonds. The van der Waals surface area contributed by atoms with Gasteiger partial charge in [-0.2, -0.15) is 0 Å². The lowest BCUT2D eigenvalue weighted by Crippen LogP contribution is -2.42. The number of pyridine rings is 1. The molecular weight excluding hydrogens is 244 g/mol. The van der Waals surface area contributed by atoms with Gasteiger partial charge in [0.05, 0.1) is 6.04 Å². The van der Waals surface area contributed by atoms with Crippen LogP contribution in [0.15, 0.2) is 12.3 Å². The quantitative estimate of drug-likeness (QED) is 0.782. The van der Waals surface area contributed by atoms with Crippen molar-refractivity contribution in [3.05, 3.63) is 23.4 Å². The lowest BCUT2D eigenvalue weighted by molar-refractivity contribution is 0.0159. The van der Waals surface area contributed by atoms with Crippen LogP contribution in [0.2, 0.25) is 0 Å². The van der Waals surface area contributed by atoms with Gasteiger partial charge >= 0.3 is 6.09 Å². The molecule has 1 aromatic rings. The van der Waals surface area contributed by atoms with E-state index in [-0.39, 0.29) is 18.0 Å². The van der Waals surface area contributed by atoms with Crippen molar-refractivity contribution in [1.29, 1.82) is 0 Å². The van der Waals surface area contributed by atoms with E-state index >= 15 is 0 Å². The molecule has 0 aromatic carbocycles. The molecule has 1 N–H and O–H groups in total. The zero-order valence-corrected chi connectivity index (χ0v) is 11.8. The fourth-order valence-electron chi connectivity index (χ4n) is 2.26. The Balaban J connectivity index is 2.19. The molecule has 2 heterocycles. The lowest BCUT2D eigenvalue weighted by Gasteiger charge is -2.36. The average Bonchev–Trinajstić information content (AvgIpc) is 2.26. The van der Waals surface area contributed by atoms with Crippen molar-refractivity contribution >= 4 is 6.09 Å². The van der Waals surface area contributed by atoms with E-state index in [9.17, 15) is 9.90 Å². The number of ether oxygens (including phenoxy) is 1. The summed E-state index contributed by atoms with van der Waals surface area (Å²) in [6.45, 7) is 8.10. The first-order chi connectivity index (χ1) is 8.78. The topological polar surface area (TPSA) is 62.7 Å². The normalized spacial score (nSPS) is 18.9. The summed E-state index contributed by atoms with van der Waals surface area (Å²) in [6, 6.07) is 1.57. The molecule has 5 heteroatoms. The van der Waals surface area contributed by atoms with Crippen LogP contribution in [0.3, 0.4) is 0 Å². The van der Waals surface area contributed by atoms with Crippen LogP contribution in [0.25, 0.3) is 0 Å². The second-order valence-corrected chi connectivity index (χ2v) is 5.84. The fraction of sp³-hybridized carbons (Fsp3) is 0.571. The van der Waals surface area contributed by atoms with Gasteiger partial charge in [-0.05, 0) is 45.2 Å². The van der Waals surface area contributed by atoms with Crippen LogP contribution in [-0.4, -0.2) is 33.2 Å². The first-order valence-corrected chi connectivity index (χ1v) is 6.45. The Hall–Kier alpha value is -1.78. The van der Waals surface area contributed by atoms with E-state index in [1.807, 2.05) is 27.7 Å². The zero-order valence-electron chi connectivity index (χ0n) is 11.8. The molecule has 2 rings (SSSR count). The minimum atomic E-state index is -0.496. The number of carbonyl (C=O) groups is 1. The number of amides is 1. The third-order valence-electron chi connectivity index (χ3n) is 3.18. The summed E-state index contributed by atoms with van der Waals surface area (Å²) in [7, 11) is 0. The summed E-state index contributed by atoms with van der Waals surface area (Å²) in [4.78, 5) is 17.7. The van der Waals surface area contributed by atoms with Crippen molar-refractivity contribution in [3.8, 4) is 5.88 Å². The van der Waals surface area contributed by atoms with Gasteiger partial charge in [0.15, 0.2) is 0 Å². The minimum absolute atomic E-state index is 0.0247. The molecule has 1 atom stereocenters. The second kappa shape index (κ2) is 4.72. The SMILES string of the molecule is CC1c2cnc(O)cc2CCN1C(=O)OC(C)(C)C. The second-order valence-electron chi connectivity index (χ2n) is 5.84. The summed E-state index contributed by atoms with van der Waals surface area (Å²) < 4.78 is 5.40. The van der Waals surface area contributed by atoms with E-state index in [0.717, 1.165) is 11.1 Å². The molecule has 0 fully saturated rings. The maximum Gasteiger partial charge on any atom is 0.410 e. The zero-order chi connectivity index (χ0) is 14.2. The van der Waals surface area contributed by atoms with Crippen molar-refractivity contribution in [3.63, 3.8) is 0 Å². The van der Waals surface area contributed by atoms with Gasteiger partial charge in [0.25, 0.3) is 0 Å². The lowest BCUT2D eigenvalue weighted by atomic mass is 9.96. The highest BCUT2D eigenvalue weighted by molar-refractivity contribution is 5.69. The Kier molecular flexibility index (Phi) is 3.39. The Morgan fingerprint density at radius 2 is 2.21 bits per heavy atom. The van der Waals surface area contributed by atoms with E-state index in [2.05, 4.69) is 4.98 Å². The molecule has 0 saturated heterocycles. The third kappa shape index (κ3) is 2.97. The number of fused-ring (bicyclic) bond motifs is 1. The largest absolute Gasteiger partial charge is 0.493 e. The fourth-order valence-corrected chi connectivity index (χ4v) is 2.26. The van der Waals surface area contributed by atoms with Crippen LogP contribution in [0.1, 0.15) is 44.9 Å². The maximum absolute atomic E-state index is 12.1. The Morgan fingerprint density at radius 3 is 2.84 bits per heavy atom. The molecule has 0 radical (unpaired) electrons. The predicted molar refractivity (Wildman–Crippen MR) is 71.0 cm³/mol. The van der Waals surface area contributed by atoms with Gasteiger partial charge < -0.3 is 14.7 Å². The molecule has 1 aliphatic rings. The number of aromatic nitrogens is 1. The highest BCUT2D eigenvalue weighted by atomic mass is 16.6. The van der Waals surface area contributed by atoms with Crippen molar-refractivity contribution in [1.82, 2.24) is 9.88 Å². The van der Waals surface area contributed by atoms with Gasteiger partial charge in [-0.15, -0.1) is 0 Å². The summed E-state index contributed by atoms with van der Waals surface area (Å²) in [5, 5.41) is 9.39. The maximum atomic E-state index is 12.1. The minimum Gasteiger partial charge on any atom is -0.493 e. The summed E-state index contributed by atoms with van der Waals surface area (Å²) in [5.41, 5.74) is 1.51. The molecule has 1 aliphatic heterocycles. The number of nitrogens with zero attached hydrogens (tertiary/aromatic N) is 2. The third-order valence-corrected chi connectivity index (χ3v) is 3.18. The number of carbonyl (C=O) groups excluding carboxylic acids is 1. The molecule has 5 nitrogen and oxygen atoms in total. The molecule has 1 aromatic heterocycles. The highest BCUT2D eigenvalue weighted by Gasteiger charge is 2.31. The van der Waals surface area contributed by atoms with Crippen LogP contribution < -0.4 is 0 Å². The Bertz CT molecular complexity index is 494. The van der Waals surface area contributed by atoms with E-state index < -0.39 is 5.60 Å². The molecule has 0 spiro atoms. The molecule has 0 saturated carbocycles. The Labute approximate surface area is 113 Å². The van der Waals surface area contributed by atoms with Crippen LogP contribution >= 0.6 is 0 Å². The number of aromatic hydroxyl groups is 1. The first-order valence-electron chi connectivity index (χ1n) is 6.45. The van der Waals surface area contributed by atoms with Gasteiger partial charge in [-0.1, -0.05) is 0 Å². The van der Waals surface area contributed by atoms with Crippen molar-refractivity contribution in [2.24, 2.45) is 0 Å². The number of rotatable bonds is 0. The number of hydrogen-bond acceptors (Lipinski definition) is 4. The molecule has 0 bridgehead atoms. The smallest absolute Gasteiger partial charge is 0.410 e. The van der Waals surface area contributed by atoms with E-state index in [1.54, 1.807) is 17.2 Å². The predicted octanol–water partition coefficient (Wildman–Crippen LogP) is 2.64. The van der Waals surface area contributed by atoms with E-state index in [1.165, 1.54) is 0 Å². The first kappa shape index (κ1) is 13.6. The van der Waals surface area contributed by atoms with Crippen LogP contribution in [0, 0.1) is 0 Å². The molecule has 19 heavy (non-hydrogen) atoms. The van der Waals surface area contributed by atoms with Gasteiger partial charge in [-0.25, -0.2) is 9.78 Å². The van der Waals surface area contributed by atoms with Crippen LogP contribution in [0.5, 0.6) is 5.88 Å². The summed E-state index contributed by atoms with van der Waals surface area (Å²) >= 11 is 0. The molecule has 104 valence electrons. The van der Waals surface area contributed by atoms with Gasteiger partial charge in [-0.3, -0.25) is 0 Å². The average molecular weight is 264 g/mol. The van der Waals surface area contributed by atoms with Gasteiger partial charge in [0.1, 0.15) is 5.60 Å². The standard InChI is InChI=1S/C14H20N2O3/c1-9-11-8-15-12(17)7-10(11)5-6-16(9)13(18)19-14(2,3)4/h7-9H,5-6H2,1-4H3,(H,15,17).